The van der Waals surface area contributed by atoms with Crippen molar-refractivity contribution in [1.29, 1.82) is 0 Å². The summed E-state index contributed by atoms with van der Waals surface area (Å²) in [4.78, 5) is 11.2. The Hall–Kier alpha value is -1.59. The van der Waals surface area contributed by atoms with E-state index >= 15 is 0 Å². The van der Waals surface area contributed by atoms with Gasteiger partial charge in [0.25, 0.3) is 0 Å². The van der Waals surface area contributed by atoms with Crippen LogP contribution in [0, 0.1) is 11.8 Å². The third-order valence-electron chi connectivity index (χ3n) is 1.80. The van der Waals surface area contributed by atoms with Gasteiger partial charge < -0.3 is 5.73 Å². The van der Waals surface area contributed by atoms with Gasteiger partial charge in [-0.05, 0) is 13.0 Å². The molecule has 0 aliphatic carbocycles. The van der Waals surface area contributed by atoms with Crippen LogP contribution in [0.3, 0.4) is 0 Å². The van der Waals surface area contributed by atoms with Gasteiger partial charge in [-0.1, -0.05) is 30.0 Å². The third-order valence-corrected chi connectivity index (χ3v) is 1.80. The summed E-state index contributed by atoms with van der Waals surface area (Å²) in [6, 6.07) is 7.35. The van der Waals surface area contributed by atoms with Crippen molar-refractivity contribution in [3.63, 3.8) is 0 Å². The van der Waals surface area contributed by atoms with Crippen LogP contribution in [0.5, 0.6) is 0 Å². The fourth-order valence-corrected chi connectivity index (χ4v) is 1.13. The minimum atomic E-state index is 0.0441. The predicted octanol–water partition coefficient (Wildman–Crippen LogP) is 1.59. The van der Waals surface area contributed by atoms with Crippen LogP contribution in [0.1, 0.15) is 29.3 Å². The Morgan fingerprint density at radius 1 is 1.43 bits per heavy atom. The molecule has 0 heterocycles. The Morgan fingerprint density at radius 3 is 2.79 bits per heavy atom. The van der Waals surface area contributed by atoms with E-state index in [0.717, 1.165) is 5.56 Å². The fraction of sp³-hybridized carbons (Fsp3) is 0.250. The van der Waals surface area contributed by atoms with Crippen LogP contribution >= 0.6 is 0 Å². The number of hydrogen-bond donors (Lipinski definition) is 1. The van der Waals surface area contributed by atoms with Gasteiger partial charge in [0.2, 0.25) is 0 Å². The Labute approximate surface area is 84.1 Å². The molecule has 0 spiro atoms. The average Bonchev–Trinajstić information content (AvgIpc) is 2.19. The summed E-state index contributed by atoms with van der Waals surface area (Å²) in [7, 11) is 0. The molecule has 2 N–H and O–H groups in total. The van der Waals surface area contributed by atoms with Gasteiger partial charge in [-0.15, -0.1) is 0 Å². The molecule has 0 unspecified atom stereocenters. The lowest BCUT2D eigenvalue weighted by Gasteiger charge is -1.97. The molecule has 0 atom stereocenters. The van der Waals surface area contributed by atoms with Gasteiger partial charge in [-0.2, -0.15) is 0 Å². The molecule has 0 radical (unpaired) electrons. The zero-order valence-electron chi connectivity index (χ0n) is 8.21. The predicted molar refractivity (Wildman–Crippen MR) is 57.0 cm³/mol. The van der Waals surface area contributed by atoms with Crippen molar-refractivity contribution in [1.82, 2.24) is 0 Å². The highest BCUT2D eigenvalue weighted by atomic mass is 16.1. The zero-order valence-corrected chi connectivity index (χ0v) is 8.21. The van der Waals surface area contributed by atoms with Crippen LogP contribution in [0.15, 0.2) is 24.3 Å². The summed E-state index contributed by atoms with van der Waals surface area (Å²) in [6.45, 7) is 2.10. The lowest BCUT2D eigenvalue weighted by atomic mass is 10.0. The number of rotatable bonds is 2. The summed E-state index contributed by atoms with van der Waals surface area (Å²) >= 11 is 0. The van der Waals surface area contributed by atoms with E-state index in [4.69, 9.17) is 5.73 Å². The van der Waals surface area contributed by atoms with E-state index in [1.54, 1.807) is 13.0 Å². The van der Waals surface area contributed by atoms with Crippen LogP contribution in [-0.2, 0) is 0 Å². The molecule has 14 heavy (non-hydrogen) atoms. The number of carbonyl (C=O) groups is 1. The Bertz CT molecular complexity index is 385. The van der Waals surface area contributed by atoms with Gasteiger partial charge in [0.05, 0.1) is 0 Å². The van der Waals surface area contributed by atoms with Crippen LogP contribution in [0.25, 0.3) is 0 Å². The number of ketones is 1. The molecule has 0 amide bonds. The normalized spacial score (nSPS) is 9.00. The fourth-order valence-electron chi connectivity index (χ4n) is 1.13. The lowest BCUT2D eigenvalue weighted by molar-refractivity contribution is 0.101. The molecular formula is C12H13NO. The quantitative estimate of drug-likeness (QED) is 0.564. The largest absolute Gasteiger partial charge is 0.330 e. The summed E-state index contributed by atoms with van der Waals surface area (Å²) in [5.41, 5.74) is 6.78. The molecule has 0 fully saturated rings. The second-order valence-corrected chi connectivity index (χ2v) is 2.94. The van der Waals surface area contributed by atoms with Crippen LogP contribution in [-0.4, -0.2) is 12.3 Å². The van der Waals surface area contributed by atoms with E-state index < -0.39 is 0 Å². The minimum Gasteiger partial charge on any atom is -0.330 e. The number of nitrogens with two attached hydrogens (primary N) is 1. The molecule has 0 bridgehead atoms. The smallest absolute Gasteiger partial charge is 0.161 e. The van der Waals surface area contributed by atoms with E-state index in [1.165, 1.54) is 0 Å². The molecule has 0 aromatic heterocycles. The van der Waals surface area contributed by atoms with Gasteiger partial charge >= 0.3 is 0 Å². The zero-order chi connectivity index (χ0) is 10.4. The summed E-state index contributed by atoms with van der Waals surface area (Å²) in [6.07, 6.45) is 0.659. The average molecular weight is 187 g/mol. The molecule has 0 aliphatic rings. The number of Topliss-reactive ketones (excluding diaryl/α,β-unsaturated/α-hetero) is 1. The summed E-state index contributed by atoms with van der Waals surface area (Å²) in [5, 5.41) is 0. The molecule has 0 aliphatic heterocycles. The second-order valence-electron chi connectivity index (χ2n) is 2.94. The maximum atomic E-state index is 11.2. The van der Waals surface area contributed by atoms with Crippen molar-refractivity contribution in [2.24, 2.45) is 5.73 Å². The third kappa shape index (κ3) is 2.72. The second kappa shape index (κ2) is 5.21. The summed E-state index contributed by atoms with van der Waals surface area (Å²) < 4.78 is 0. The van der Waals surface area contributed by atoms with Crippen molar-refractivity contribution in [2.75, 3.05) is 6.54 Å². The van der Waals surface area contributed by atoms with E-state index in [9.17, 15) is 4.79 Å². The Morgan fingerprint density at radius 2 is 2.14 bits per heavy atom. The van der Waals surface area contributed by atoms with Gasteiger partial charge in [0.1, 0.15) is 0 Å². The van der Waals surface area contributed by atoms with Crippen LogP contribution in [0.2, 0.25) is 0 Å². The van der Waals surface area contributed by atoms with E-state index in [-0.39, 0.29) is 5.78 Å². The number of benzene rings is 1. The lowest BCUT2D eigenvalue weighted by Crippen LogP contribution is -1.97. The maximum absolute atomic E-state index is 11.2. The Balaban J connectivity index is 2.97. The standard InChI is InChI=1S/C12H13NO/c1-10(14)12-8-3-2-6-11(12)7-4-5-9-13/h2-3,6,8H,5,9,13H2,1H3. The first-order valence-corrected chi connectivity index (χ1v) is 4.54. The van der Waals surface area contributed by atoms with Gasteiger partial charge in [0.15, 0.2) is 5.78 Å². The van der Waals surface area contributed by atoms with Crippen molar-refractivity contribution in [3.8, 4) is 11.8 Å². The first-order valence-electron chi connectivity index (χ1n) is 4.54. The van der Waals surface area contributed by atoms with Gasteiger partial charge in [0, 0.05) is 24.1 Å². The number of hydrogen-bond acceptors (Lipinski definition) is 2. The van der Waals surface area contributed by atoms with Crippen LogP contribution < -0.4 is 5.73 Å². The van der Waals surface area contributed by atoms with Gasteiger partial charge in [-0.25, -0.2) is 0 Å². The molecule has 0 saturated heterocycles. The molecule has 2 nitrogen and oxygen atoms in total. The molecule has 2 heteroatoms. The molecule has 1 aromatic rings. The van der Waals surface area contributed by atoms with Crippen LogP contribution in [0.4, 0.5) is 0 Å². The monoisotopic (exact) mass is 187 g/mol. The first kappa shape index (κ1) is 10.5. The molecule has 0 saturated carbocycles. The highest BCUT2D eigenvalue weighted by Gasteiger charge is 2.02. The SMILES string of the molecule is CC(=O)c1ccccc1C#CCCN. The highest BCUT2D eigenvalue weighted by molar-refractivity contribution is 5.96. The topological polar surface area (TPSA) is 43.1 Å². The maximum Gasteiger partial charge on any atom is 0.161 e. The minimum absolute atomic E-state index is 0.0441. The van der Waals surface area contributed by atoms with E-state index in [2.05, 4.69) is 11.8 Å². The summed E-state index contributed by atoms with van der Waals surface area (Å²) in [5.74, 6) is 5.91. The van der Waals surface area contributed by atoms with Crippen molar-refractivity contribution < 1.29 is 4.79 Å². The Kier molecular flexibility index (Phi) is 3.90. The highest BCUT2D eigenvalue weighted by Crippen LogP contribution is 2.07. The molecule has 1 rings (SSSR count). The van der Waals surface area contributed by atoms with Gasteiger partial charge in [-0.3, -0.25) is 4.79 Å². The van der Waals surface area contributed by atoms with Crippen molar-refractivity contribution in [2.45, 2.75) is 13.3 Å². The number of carbonyl (C=O) groups excluding carboxylic acids is 1. The first-order chi connectivity index (χ1) is 6.75. The van der Waals surface area contributed by atoms with E-state index in [0.29, 0.717) is 18.5 Å². The molecule has 72 valence electrons. The van der Waals surface area contributed by atoms with E-state index in [1.807, 2.05) is 18.2 Å². The van der Waals surface area contributed by atoms with Crippen molar-refractivity contribution in [3.05, 3.63) is 35.4 Å². The molecule has 1 aromatic carbocycles. The van der Waals surface area contributed by atoms with Crippen molar-refractivity contribution >= 4 is 5.78 Å². The molecular weight excluding hydrogens is 174 g/mol.